The van der Waals surface area contributed by atoms with Crippen LogP contribution < -0.4 is 10.6 Å². The third kappa shape index (κ3) is 7.06. The molecule has 0 aliphatic carbocycles. The molecule has 0 radical (unpaired) electrons. The summed E-state index contributed by atoms with van der Waals surface area (Å²) in [6.45, 7) is 8.58. The van der Waals surface area contributed by atoms with Gasteiger partial charge in [-0.2, -0.15) is 0 Å². The molecule has 1 aromatic carbocycles. The van der Waals surface area contributed by atoms with E-state index in [2.05, 4.69) is 74.8 Å². The van der Waals surface area contributed by atoms with E-state index in [1.54, 1.807) is 11.3 Å². The van der Waals surface area contributed by atoms with Crippen LogP contribution in [0.25, 0.3) is 0 Å². The van der Waals surface area contributed by atoms with Crippen LogP contribution in [0.4, 0.5) is 0 Å². The number of nitrogens with zero attached hydrogens (tertiary/aromatic N) is 2. The first-order valence-electron chi connectivity index (χ1n) is 7.79. The maximum atomic E-state index is 4.64. The zero-order valence-corrected chi connectivity index (χ0v) is 18.9. The van der Waals surface area contributed by atoms with Crippen LogP contribution in [0.2, 0.25) is 0 Å². The van der Waals surface area contributed by atoms with E-state index in [0.717, 1.165) is 27.7 Å². The summed E-state index contributed by atoms with van der Waals surface area (Å²) in [6.07, 6.45) is 0. The molecule has 24 heavy (non-hydrogen) atoms. The number of aliphatic imine (C=N–C) groups is 1. The zero-order valence-electron chi connectivity index (χ0n) is 14.2. The van der Waals surface area contributed by atoms with Crippen molar-refractivity contribution in [2.75, 3.05) is 6.54 Å². The summed E-state index contributed by atoms with van der Waals surface area (Å²) >= 11 is 5.14. The number of aromatic nitrogens is 1. The Morgan fingerprint density at radius 2 is 1.96 bits per heavy atom. The van der Waals surface area contributed by atoms with E-state index in [0.29, 0.717) is 19.0 Å². The first kappa shape index (κ1) is 21.4. The summed E-state index contributed by atoms with van der Waals surface area (Å²) in [6, 6.07) is 8.22. The lowest BCUT2D eigenvalue weighted by molar-refractivity contribution is 0.788. The van der Waals surface area contributed by atoms with Crippen molar-refractivity contribution < 1.29 is 0 Å². The Hall–Kier alpha value is -0.670. The highest BCUT2D eigenvalue weighted by Crippen LogP contribution is 2.17. The number of guanidine groups is 1. The van der Waals surface area contributed by atoms with Gasteiger partial charge in [-0.1, -0.05) is 41.9 Å². The van der Waals surface area contributed by atoms with Crippen LogP contribution in [0.1, 0.15) is 43.0 Å². The fraction of sp³-hybridized carbons (Fsp3) is 0.412. The first-order valence-corrected chi connectivity index (χ1v) is 9.46. The summed E-state index contributed by atoms with van der Waals surface area (Å²) < 4.78 is 1.08. The number of hydrogen-bond acceptors (Lipinski definition) is 3. The van der Waals surface area contributed by atoms with Gasteiger partial charge in [-0.15, -0.1) is 35.3 Å². The normalized spacial score (nSPS) is 11.3. The second kappa shape index (κ2) is 11.0. The van der Waals surface area contributed by atoms with Gasteiger partial charge in [0.25, 0.3) is 0 Å². The Bertz CT molecular complexity index is 640. The average Bonchev–Trinajstić information content (AvgIpc) is 3.01. The standard InChI is InChI=1S/C17H23BrN4S.HI/c1-4-19-17(20-9-13-5-7-14(18)8-6-13)21-10-16-22-15(11-23-16)12(2)3;/h5-8,11-12H,4,9-10H2,1-3H3,(H2,19,20,21);1H. The van der Waals surface area contributed by atoms with E-state index in [9.17, 15) is 0 Å². The lowest BCUT2D eigenvalue weighted by Gasteiger charge is -2.10. The van der Waals surface area contributed by atoms with Crippen LogP contribution in [-0.4, -0.2) is 17.5 Å². The fourth-order valence-electron chi connectivity index (χ4n) is 1.93. The molecule has 2 N–H and O–H groups in total. The van der Waals surface area contributed by atoms with Crippen molar-refractivity contribution >= 4 is 57.2 Å². The van der Waals surface area contributed by atoms with Crippen molar-refractivity contribution in [2.24, 2.45) is 4.99 Å². The molecule has 0 amide bonds. The molecule has 0 atom stereocenters. The maximum Gasteiger partial charge on any atom is 0.191 e. The molecule has 0 aliphatic heterocycles. The number of thiazole rings is 1. The molecule has 0 fully saturated rings. The second-order valence-electron chi connectivity index (χ2n) is 5.50. The Morgan fingerprint density at radius 1 is 1.25 bits per heavy atom. The number of halogens is 2. The Morgan fingerprint density at radius 3 is 2.54 bits per heavy atom. The molecule has 0 aliphatic rings. The van der Waals surface area contributed by atoms with Crippen molar-refractivity contribution in [3.63, 3.8) is 0 Å². The second-order valence-corrected chi connectivity index (χ2v) is 7.35. The van der Waals surface area contributed by atoms with E-state index in [4.69, 9.17) is 0 Å². The topological polar surface area (TPSA) is 49.3 Å². The van der Waals surface area contributed by atoms with Gasteiger partial charge in [-0.3, -0.25) is 0 Å². The van der Waals surface area contributed by atoms with E-state index in [1.165, 1.54) is 5.56 Å². The summed E-state index contributed by atoms with van der Waals surface area (Å²) in [5.74, 6) is 1.29. The van der Waals surface area contributed by atoms with Crippen molar-refractivity contribution in [3.8, 4) is 0 Å². The third-order valence-electron chi connectivity index (χ3n) is 3.25. The maximum absolute atomic E-state index is 4.64. The average molecular weight is 523 g/mol. The predicted octanol–water partition coefficient (Wildman–Crippen LogP) is 4.90. The molecular weight excluding hydrogens is 499 g/mol. The van der Waals surface area contributed by atoms with Crippen molar-refractivity contribution in [2.45, 2.75) is 39.8 Å². The largest absolute Gasteiger partial charge is 0.357 e. The highest BCUT2D eigenvalue weighted by molar-refractivity contribution is 14.0. The van der Waals surface area contributed by atoms with Gasteiger partial charge in [-0.25, -0.2) is 9.98 Å². The summed E-state index contributed by atoms with van der Waals surface area (Å²) in [7, 11) is 0. The summed E-state index contributed by atoms with van der Waals surface area (Å²) in [4.78, 5) is 9.26. The minimum absolute atomic E-state index is 0. The minimum atomic E-state index is 0. The van der Waals surface area contributed by atoms with Crippen molar-refractivity contribution in [1.82, 2.24) is 15.6 Å². The Labute approximate surface area is 173 Å². The van der Waals surface area contributed by atoms with E-state index < -0.39 is 0 Å². The van der Waals surface area contributed by atoms with Crippen LogP contribution in [0.15, 0.2) is 39.1 Å². The SMILES string of the molecule is CCNC(=NCc1ccc(Br)cc1)NCc1nc(C(C)C)cs1.I. The molecular formula is C17H24BrIN4S. The van der Waals surface area contributed by atoms with Gasteiger partial charge in [0.15, 0.2) is 5.96 Å². The van der Waals surface area contributed by atoms with Gasteiger partial charge in [0.2, 0.25) is 0 Å². The molecule has 1 heterocycles. The fourth-order valence-corrected chi connectivity index (χ4v) is 3.09. The van der Waals surface area contributed by atoms with Gasteiger partial charge in [0.05, 0.1) is 18.8 Å². The van der Waals surface area contributed by atoms with E-state index in [1.807, 2.05) is 12.1 Å². The van der Waals surface area contributed by atoms with Crippen LogP contribution in [0, 0.1) is 0 Å². The molecule has 2 aromatic rings. The quantitative estimate of drug-likeness (QED) is 0.322. The van der Waals surface area contributed by atoms with Crippen molar-refractivity contribution in [1.29, 1.82) is 0 Å². The zero-order chi connectivity index (χ0) is 16.7. The molecule has 0 spiro atoms. The number of hydrogen-bond donors (Lipinski definition) is 2. The molecule has 1 aromatic heterocycles. The lowest BCUT2D eigenvalue weighted by Crippen LogP contribution is -2.36. The minimum Gasteiger partial charge on any atom is -0.357 e. The molecule has 2 rings (SSSR count). The van der Waals surface area contributed by atoms with Crippen LogP contribution >= 0.6 is 51.2 Å². The molecule has 0 bridgehead atoms. The predicted molar refractivity (Wildman–Crippen MR) is 117 cm³/mol. The highest BCUT2D eigenvalue weighted by atomic mass is 127. The molecule has 0 saturated heterocycles. The van der Waals surface area contributed by atoms with E-state index in [-0.39, 0.29) is 24.0 Å². The van der Waals surface area contributed by atoms with E-state index >= 15 is 0 Å². The smallest absolute Gasteiger partial charge is 0.191 e. The number of nitrogens with one attached hydrogen (secondary N) is 2. The monoisotopic (exact) mass is 522 g/mol. The first-order chi connectivity index (χ1) is 11.1. The highest BCUT2D eigenvalue weighted by Gasteiger charge is 2.06. The molecule has 7 heteroatoms. The number of rotatable bonds is 6. The van der Waals surface area contributed by atoms with Gasteiger partial charge in [-0.05, 0) is 30.5 Å². The summed E-state index contributed by atoms with van der Waals surface area (Å²) in [5.41, 5.74) is 2.34. The van der Waals surface area contributed by atoms with Crippen LogP contribution in [0.5, 0.6) is 0 Å². The summed E-state index contributed by atoms with van der Waals surface area (Å²) in [5, 5.41) is 9.84. The molecule has 0 unspecified atom stereocenters. The van der Waals surface area contributed by atoms with Crippen molar-refractivity contribution in [3.05, 3.63) is 50.4 Å². The van der Waals surface area contributed by atoms with Crippen LogP contribution in [-0.2, 0) is 13.1 Å². The molecule has 4 nitrogen and oxygen atoms in total. The number of benzene rings is 1. The Balaban J connectivity index is 0.00000288. The lowest BCUT2D eigenvalue weighted by atomic mass is 10.2. The Kier molecular flexibility index (Phi) is 9.84. The molecule has 132 valence electrons. The molecule has 0 saturated carbocycles. The van der Waals surface area contributed by atoms with Gasteiger partial charge < -0.3 is 10.6 Å². The van der Waals surface area contributed by atoms with Gasteiger partial charge >= 0.3 is 0 Å². The van der Waals surface area contributed by atoms with Gasteiger partial charge in [0.1, 0.15) is 5.01 Å². The van der Waals surface area contributed by atoms with Gasteiger partial charge in [0, 0.05) is 16.4 Å². The van der Waals surface area contributed by atoms with Crippen LogP contribution in [0.3, 0.4) is 0 Å². The third-order valence-corrected chi connectivity index (χ3v) is 4.64.